The number of rotatable bonds is 4. The zero-order chi connectivity index (χ0) is 10.7. The van der Waals surface area contributed by atoms with Crippen LogP contribution in [0.2, 0.25) is 0 Å². The van der Waals surface area contributed by atoms with Crippen molar-refractivity contribution in [1.29, 1.82) is 0 Å². The van der Waals surface area contributed by atoms with E-state index in [0.29, 0.717) is 0 Å². The van der Waals surface area contributed by atoms with Gasteiger partial charge < -0.3 is 15.5 Å². The lowest BCUT2D eigenvalue weighted by atomic mass is 10.0. The third kappa shape index (κ3) is 2.92. The maximum absolute atomic E-state index is 11.6. The average molecular weight is 211 g/mol. The fourth-order valence-electron chi connectivity index (χ4n) is 2.23. The highest BCUT2D eigenvalue weighted by molar-refractivity contribution is 5.80. The molecule has 2 rings (SSSR count). The Kier molecular flexibility index (Phi) is 3.59. The summed E-state index contributed by atoms with van der Waals surface area (Å²) in [6, 6.07) is 0.288. The van der Waals surface area contributed by atoms with Gasteiger partial charge in [-0.25, -0.2) is 0 Å². The van der Waals surface area contributed by atoms with Gasteiger partial charge in [-0.05, 0) is 32.9 Å². The Bertz CT molecular complexity index is 222. The van der Waals surface area contributed by atoms with E-state index in [0.717, 1.165) is 19.6 Å². The molecule has 0 spiro atoms. The molecule has 0 radical (unpaired) electrons. The lowest BCUT2D eigenvalue weighted by Gasteiger charge is -2.28. The Morgan fingerprint density at radius 3 is 2.67 bits per heavy atom. The van der Waals surface area contributed by atoms with Crippen LogP contribution in [0.1, 0.15) is 19.8 Å². The standard InChI is InChI=1S/C11H21N3O/c1-9(8-14-4-2-3-5-14)13-11(15)10-6-12-7-10/h9-10,12H,2-8H2,1H3,(H,13,15). The average Bonchev–Trinajstić information content (AvgIpc) is 2.52. The molecule has 4 heteroatoms. The predicted octanol–water partition coefficient (Wildman–Crippen LogP) is -0.194. The van der Waals surface area contributed by atoms with Gasteiger partial charge >= 0.3 is 0 Å². The second-order valence-corrected chi connectivity index (χ2v) is 4.77. The molecule has 2 saturated heterocycles. The number of amides is 1. The van der Waals surface area contributed by atoms with Crippen LogP contribution in [0.4, 0.5) is 0 Å². The van der Waals surface area contributed by atoms with E-state index in [1.807, 2.05) is 0 Å². The fraction of sp³-hybridized carbons (Fsp3) is 0.909. The molecule has 2 fully saturated rings. The summed E-state index contributed by atoms with van der Waals surface area (Å²) in [5.41, 5.74) is 0. The first-order valence-electron chi connectivity index (χ1n) is 5.99. The van der Waals surface area contributed by atoms with Crippen LogP contribution < -0.4 is 10.6 Å². The van der Waals surface area contributed by atoms with Crippen LogP contribution in [0.25, 0.3) is 0 Å². The van der Waals surface area contributed by atoms with Crippen LogP contribution in [-0.4, -0.2) is 49.6 Å². The molecule has 0 aromatic carbocycles. The molecule has 2 aliphatic heterocycles. The zero-order valence-electron chi connectivity index (χ0n) is 9.46. The summed E-state index contributed by atoms with van der Waals surface area (Å²) in [5, 5.41) is 6.21. The van der Waals surface area contributed by atoms with Crippen molar-refractivity contribution in [2.75, 3.05) is 32.7 Å². The SMILES string of the molecule is CC(CN1CCCC1)NC(=O)C1CNC1. The topological polar surface area (TPSA) is 44.4 Å². The Hall–Kier alpha value is -0.610. The Balaban J connectivity index is 1.66. The molecule has 0 aromatic rings. The first-order chi connectivity index (χ1) is 7.25. The molecule has 2 heterocycles. The highest BCUT2D eigenvalue weighted by Crippen LogP contribution is 2.08. The monoisotopic (exact) mass is 211 g/mol. The van der Waals surface area contributed by atoms with Gasteiger partial charge in [-0.15, -0.1) is 0 Å². The number of carbonyl (C=O) groups is 1. The first-order valence-corrected chi connectivity index (χ1v) is 5.99. The van der Waals surface area contributed by atoms with Crippen molar-refractivity contribution in [2.45, 2.75) is 25.8 Å². The molecule has 0 aliphatic carbocycles. The van der Waals surface area contributed by atoms with Crippen LogP contribution in [-0.2, 0) is 4.79 Å². The van der Waals surface area contributed by atoms with Crippen LogP contribution in [0.3, 0.4) is 0 Å². The van der Waals surface area contributed by atoms with Gasteiger partial charge in [0.1, 0.15) is 0 Å². The molecule has 2 aliphatic rings. The van der Waals surface area contributed by atoms with E-state index in [2.05, 4.69) is 22.5 Å². The van der Waals surface area contributed by atoms with Crippen molar-refractivity contribution >= 4 is 5.91 Å². The van der Waals surface area contributed by atoms with E-state index in [-0.39, 0.29) is 17.9 Å². The normalized spacial score (nSPS) is 24.9. The molecule has 15 heavy (non-hydrogen) atoms. The molecule has 0 saturated carbocycles. The minimum absolute atomic E-state index is 0.214. The number of likely N-dealkylation sites (tertiary alicyclic amines) is 1. The van der Waals surface area contributed by atoms with Gasteiger partial charge in [0, 0.05) is 25.7 Å². The van der Waals surface area contributed by atoms with E-state index in [4.69, 9.17) is 0 Å². The van der Waals surface area contributed by atoms with Crippen molar-refractivity contribution < 1.29 is 4.79 Å². The van der Waals surface area contributed by atoms with Gasteiger partial charge in [-0.3, -0.25) is 4.79 Å². The number of carbonyl (C=O) groups excluding carboxylic acids is 1. The summed E-state index contributed by atoms with van der Waals surface area (Å²) in [7, 11) is 0. The lowest BCUT2D eigenvalue weighted by molar-refractivity contribution is -0.127. The zero-order valence-corrected chi connectivity index (χ0v) is 9.46. The van der Waals surface area contributed by atoms with E-state index < -0.39 is 0 Å². The Morgan fingerprint density at radius 1 is 1.47 bits per heavy atom. The maximum Gasteiger partial charge on any atom is 0.225 e. The van der Waals surface area contributed by atoms with Gasteiger partial charge in [0.2, 0.25) is 5.91 Å². The predicted molar refractivity (Wildman–Crippen MR) is 59.6 cm³/mol. The molecular formula is C11H21N3O. The smallest absolute Gasteiger partial charge is 0.225 e. The largest absolute Gasteiger partial charge is 0.352 e. The molecule has 4 nitrogen and oxygen atoms in total. The summed E-state index contributed by atoms with van der Waals surface area (Å²) < 4.78 is 0. The highest BCUT2D eigenvalue weighted by atomic mass is 16.2. The van der Waals surface area contributed by atoms with Gasteiger partial charge in [-0.2, -0.15) is 0 Å². The van der Waals surface area contributed by atoms with E-state index in [1.54, 1.807) is 0 Å². The maximum atomic E-state index is 11.6. The quantitative estimate of drug-likeness (QED) is 0.677. The van der Waals surface area contributed by atoms with Crippen molar-refractivity contribution in [3.63, 3.8) is 0 Å². The van der Waals surface area contributed by atoms with E-state index in [9.17, 15) is 4.79 Å². The molecule has 1 unspecified atom stereocenters. The summed E-state index contributed by atoms with van der Waals surface area (Å²) in [6.45, 7) is 7.20. The van der Waals surface area contributed by atoms with Crippen molar-refractivity contribution in [3.8, 4) is 0 Å². The molecular weight excluding hydrogens is 190 g/mol. The summed E-state index contributed by atoms with van der Waals surface area (Å²) in [5.74, 6) is 0.437. The van der Waals surface area contributed by atoms with Gasteiger partial charge in [0.05, 0.1) is 5.92 Å². The van der Waals surface area contributed by atoms with Gasteiger partial charge in [-0.1, -0.05) is 0 Å². The molecule has 86 valence electrons. The van der Waals surface area contributed by atoms with Crippen LogP contribution in [0.5, 0.6) is 0 Å². The summed E-state index contributed by atoms with van der Waals surface area (Å²) >= 11 is 0. The lowest BCUT2D eigenvalue weighted by Crippen LogP contribution is -2.53. The second-order valence-electron chi connectivity index (χ2n) is 4.77. The Labute approximate surface area is 91.4 Å². The third-order valence-electron chi connectivity index (χ3n) is 3.27. The molecule has 0 aromatic heterocycles. The van der Waals surface area contributed by atoms with Crippen molar-refractivity contribution in [3.05, 3.63) is 0 Å². The number of nitrogens with one attached hydrogen (secondary N) is 2. The van der Waals surface area contributed by atoms with Gasteiger partial charge in [0.15, 0.2) is 0 Å². The molecule has 2 N–H and O–H groups in total. The second kappa shape index (κ2) is 4.94. The number of hydrogen-bond donors (Lipinski definition) is 2. The van der Waals surface area contributed by atoms with Crippen LogP contribution >= 0.6 is 0 Å². The van der Waals surface area contributed by atoms with Crippen molar-refractivity contribution in [1.82, 2.24) is 15.5 Å². The minimum Gasteiger partial charge on any atom is -0.352 e. The van der Waals surface area contributed by atoms with E-state index in [1.165, 1.54) is 25.9 Å². The van der Waals surface area contributed by atoms with Crippen molar-refractivity contribution in [2.24, 2.45) is 5.92 Å². The third-order valence-corrected chi connectivity index (χ3v) is 3.27. The van der Waals surface area contributed by atoms with Crippen LogP contribution in [0.15, 0.2) is 0 Å². The molecule has 1 amide bonds. The summed E-state index contributed by atoms with van der Waals surface area (Å²) in [4.78, 5) is 14.1. The van der Waals surface area contributed by atoms with E-state index >= 15 is 0 Å². The fourth-order valence-corrected chi connectivity index (χ4v) is 2.23. The minimum atomic E-state index is 0.214. The first kappa shape index (κ1) is 10.9. The molecule has 0 bridgehead atoms. The number of hydrogen-bond acceptors (Lipinski definition) is 3. The molecule has 1 atom stereocenters. The summed E-state index contributed by atoms with van der Waals surface area (Å²) in [6.07, 6.45) is 2.63. The van der Waals surface area contributed by atoms with Crippen LogP contribution in [0, 0.1) is 5.92 Å². The van der Waals surface area contributed by atoms with Gasteiger partial charge in [0.25, 0.3) is 0 Å². The Morgan fingerprint density at radius 2 is 2.13 bits per heavy atom. The number of nitrogens with zero attached hydrogens (tertiary/aromatic N) is 1. The highest BCUT2D eigenvalue weighted by Gasteiger charge is 2.26.